The van der Waals surface area contributed by atoms with Crippen LogP contribution < -0.4 is 9.64 Å². The molecule has 25 heavy (non-hydrogen) atoms. The predicted molar refractivity (Wildman–Crippen MR) is 96.8 cm³/mol. The average molecular weight is 341 g/mol. The summed E-state index contributed by atoms with van der Waals surface area (Å²) < 4.78 is 10.5. The monoisotopic (exact) mass is 341 g/mol. The Labute approximate surface area is 148 Å². The van der Waals surface area contributed by atoms with Crippen LogP contribution in [0, 0.1) is 6.92 Å². The number of carbonyl (C=O) groups excluding carboxylic acids is 2. The highest BCUT2D eigenvalue weighted by Crippen LogP contribution is 2.20. The van der Waals surface area contributed by atoms with Gasteiger partial charge in [-0.2, -0.15) is 0 Å². The average Bonchev–Trinajstić information content (AvgIpc) is 2.62. The van der Waals surface area contributed by atoms with E-state index in [1.165, 1.54) is 4.90 Å². The molecule has 0 bridgehead atoms. The van der Waals surface area contributed by atoms with E-state index in [0.29, 0.717) is 0 Å². The number of rotatable bonds is 6. The van der Waals surface area contributed by atoms with Crippen molar-refractivity contribution < 1.29 is 19.1 Å². The lowest BCUT2D eigenvalue weighted by Gasteiger charge is -2.21. The minimum atomic E-state index is -0.856. The number of hydrogen-bond donors (Lipinski definition) is 0. The molecule has 0 aliphatic rings. The van der Waals surface area contributed by atoms with Crippen molar-refractivity contribution in [3.05, 3.63) is 59.7 Å². The Hall–Kier alpha value is -2.82. The minimum Gasteiger partial charge on any atom is -0.496 e. The van der Waals surface area contributed by atoms with Gasteiger partial charge < -0.3 is 14.4 Å². The smallest absolute Gasteiger partial charge is 0.311 e. The predicted octanol–water partition coefficient (Wildman–Crippen LogP) is 3.14. The molecule has 1 atom stereocenters. The Morgan fingerprint density at radius 3 is 2.44 bits per heavy atom. The van der Waals surface area contributed by atoms with E-state index in [1.54, 1.807) is 27.1 Å². The highest BCUT2D eigenvalue weighted by molar-refractivity contribution is 5.96. The lowest BCUT2D eigenvalue weighted by atomic mass is 10.1. The first-order chi connectivity index (χ1) is 11.9. The maximum Gasteiger partial charge on any atom is 0.311 e. The van der Waals surface area contributed by atoms with Crippen molar-refractivity contribution in [2.24, 2.45) is 0 Å². The zero-order chi connectivity index (χ0) is 18.4. The van der Waals surface area contributed by atoms with Gasteiger partial charge in [-0.3, -0.25) is 9.59 Å². The van der Waals surface area contributed by atoms with Gasteiger partial charge in [-0.15, -0.1) is 0 Å². The van der Waals surface area contributed by atoms with Crippen LogP contribution in [0.1, 0.15) is 18.1 Å². The largest absolute Gasteiger partial charge is 0.496 e. The Bertz CT molecular complexity index is 743. The van der Waals surface area contributed by atoms with Crippen molar-refractivity contribution in [1.82, 2.24) is 0 Å². The standard InChI is InChI=1S/C20H23NO4/c1-14-10-11-16(12-18(14)24-4)13-19(22)25-15(2)20(23)21(3)17-8-6-5-7-9-17/h5-12,15H,13H2,1-4H3/t15-/m0/s1. The maximum absolute atomic E-state index is 12.4. The van der Waals surface area contributed by atoms with E-state index in [9.17, 15) is 9.59 Å². The quantitative estimate of drug-likeness (QED) is 0.758. The number of methoxy groups -OCH3 is 1. The summed E-state index contributed by atoms with van der Waals surface area (Å²) in [6.45, 7) is 3.51. The lowest BCUT2D eigenvalue weighted by molar-refractivity contribution is -0.153. The number of aryl methyl sites for hydroxylation is 1. The normalized spacial score (nSPS) is 11.5. The summed E-state index contributed by atoms with van der Waals surface area (Å²) in [5, 5.41) is 0. The van der Waals surface area contributed by atoms with E-state index in [-0.39, 0.29) is 12.3 Å². The van der Waals surface area contributed by atoms with Crippen molar-refractivity contribution in [3.8, 4) is 5.75 Å². The molecule has 0 N–H and O–H groups in total. The van der Waals surface area contributed by atoms with Crippen LogP contribution in [-0.2, 0) is 20.7 Å². The summed E-state index contributed by atoms with van der Waals surface area (Å²) >= 11 is 0. The number of nitrogens with zero attached hydrogens (tertiary/aromatic N) is 1. The molecule has 5 heteroatoms. The third-order valence-electron chi connectivity index (χ3n) is 3.95. The second-order valence-electron chi connectivity index (χ2n) is 5.85. The van der Waals surface area contributed by atoms with Crippen LogP contribution in [0.25, 0.3) is 0 Å². The van der Waals surface area contributed by atoms with Gasteiger partial charge in [0.2, 0.25) is 0 Å². The van der Waals surface area contributed by atoms with Gasteiger partial charge in [-0.05, 0) is 43.2 Å². The van der Waals surface area contributed by atoms with Gasteiger partial charge in [-0.25, -0.2) is 0 Å². The summed E-state index contributed by atoms with van der Waals surface area (Å²) in [5.74, 6) is -0.00695. The van der Waals surface area contributed by atoms with Crippen LogP contribution in [0.15, 0.2) is 48.5 Å². The van der Waals surface area contributed by atoms with Gasteiger partial charge in [-0.1, -0.05) is 30.3 Å². The molecule has 1 amide bonds. The van der Waals surface area contributed by atoms with E-state index in [4.69, 9.17) is 9.47 Å². The number of esters is 1. The number of ether oxygens (including phenoxy) is 2. The van der Waals surface area contributed by atoms with Crippen LogP contribution in [0.3, 0.4) is 0 Å². The third-order valence-corrected chi connectivity index (χ3v) is 3.95. The highest BCUT2D eigenvalue weighted by Gasteiger charge is 2.22. The Kier molecular flexibility index (Phi) is 6.17. The van der Waals surface area contributed by atoms with E-state index in [2.05, 4.69) is 0 Å². The van der Waals surface area contributed by atoms with Gasteiger partial charge in [0.05, 0.1) is 13.5 Å². The first-order valence-corrected chi connectivity index (χ1v) is 8.08. The zero-order valence-corrected chi connectivity index (χ0v) is 15.0. The number of hydrogen-bond acceptors (Lipinski definition) is 4. The number of para-hydroxylation sites is 1. The van der Waals surface area contributed by atoms with E-state index in [1.807, 2.05) is 49.4 Å². The highest BCUT2D eigenvalue weighted by atomic mass is 16.5. The number of likely N-dealkylation sites (N-methyl/N-ethyl adjacent to an activating group) is 1. The van der Waals surface area contributed by atoms with E-state index in [0.717, 1.165) is 22.6 Å². The summed E-state index contributed by atoms with van der Waals surface area (Å²) in [5.41, 5.74) is 2.52. The molecular weight excluding hydrogens is 318 g/mol. The third kappa shape index (κ3) is 4.83. The van der Waals surface area contributed by atoms with E-state index >= 15 is 0 Å². The van der Waals surface area contributed by atoms with Gasteiger partial charge in [0.1, 0.15) is 5.75 Å². The molecule has 5 nitrogen and oxygen atoms in total. The number of carbonyl (C=O) groups is 2. The molecule has 2 rings (SSSR count). The molecule has 0 aliphatic heterocycles. The molecule has 0 fully saturated rings. The fourth-order valence-electron chi connectivity index (χ4n) is 2.48. The summed E-state index contributed by atoms with van der Waals surface area (Å²) in [7, 11) is 3.25. The van der Waals surface area contributed by atoms with Gasteiger partial charge >= 0.3 is 5.97 Å². The summed E-state index contributed by atoms with van der Waals surface area (Å²) in [6, 6.07) is 14.8. The second kappa shape index (κ2) is 8.33. The van der Waals surface area contributed by atoms with Crippen LogP contribution >= 0.6 is 0 Å². The van der Waals surface area contributed by atoms with Gasteiger partial charge in [0.25, 0.3) is 5.91 Å². The fourth-order valence-corrected chi connectivity index (χ4v) is 2.48. The maximum atomic E-state index is 12.4. The molecule has 0 unspecified atom stereocenters. The molecule has 0 aromatic heterocycles. The fraction of sp³-hybridized carbons (Fsp3) is 0.300. The topological polar surface area (TPSA) is 55.8 Å². The minimum absolute atomic E-state index is 0.0866. The first-order valence-electron chi connectivity index (χ1n) is 8.08. The number of anilines is 1. The lowest BCUT2D eigenvalue weighted by Crippen LogP contribution is -2.37. The molecule has 2 aromatic rings. The zero-order valence-electron chi connectivity index (χ0n) is 15.0. The van der Waals surface area contributed by atoms with Crippen LogP contribution in [0.5, 0.6) is 5.75 Å². The Morgan fingerprint density at radius 2 is 1.80 bits per heavy atom. The molecule has 2 aromatic carbocycles. The molecule has 0 aliphatic carbocycles. The Balaban J connectivity index is 1.96. The molecular formula is C20H23NO4. The Morgan fingerprint density at radius 1 is 1.12 bits per heavy atom. The number of benzene rings is 2. The van der Waals surface area contributed by atoms with Crippen LogP contribution in [0.2, 0.25) is 0 Å². The first kappa shape index (κ1) is 18.5. The summed E-state index contributed by atoms with van der Waals surface area (Å²) in [6.07, 6.45) is -0.770. The molecule has 0 spiro atoms. The van der Waals surface area contributed by atoms with Gasteiger partial charge in [0, 0.05) is 12.7 Å². The molecule has 0 radical (unpaired) electrons. The van der Waals surface area contributed by atoms with Crippen LogP contribution in [-0.4, -0.2) is 32.1 Å². The van der Waals surface area contributed by atoms with Crippen LogP contribution in [0.4, 0.5) is 5.69 Å². The van der Waals surface area contributed by atoms with Gasteiger partial charge in [0.15, 0.2) is 6.10 Å². The molecule has 132 valence electrons. The molecule has 0 saturated carbocycles. The SMILES string of the molecule is COc1cc(CC(=O)O[C@@H](C)C(=O)N(C)c2ccccc2)ccc1C. The molecule has 0 heterocycles. The second-order valence-corrected chi connectivity index (χ2v) is 5.85. The summed E-state index contributed by atoms with van der Waals surface area (Å²) in [4.78, 5) is 26.0. The van der Waals surface area contributed by atoms with Crippen molar-refractivity contribution in [2.45, 2.75) is 26.4 Å². The van der Waals surface area contributed by atoms with Crippen molar-refractivity contribution >= 4 is 17.6 Å². The molecule has 0 saturated heterocycles. The van der Waals surface area contributed by atoms with Crippen molar-refractivity contribution in [3.63, 3.8) is 0 Å². The van der Waals surface area contributed by atoms with Crippen molar-refractivity contribution in [2.75, 3.05) is 19.1 Å². The number of amides is 1. The van der Waals surface area contributed by atoms with Crippen molar-refractivity contribution in [1.29, 1.82) is 0 Å². The van der Waals surface area contributed by atoms with E-state index < -0.39 is 12.1 Å².